The van der Waals surface area contributed by atoms with Crippen LogP contribution >= 0.6 is 0 Å². The first kappa shape index (κ1) is 15.1. The number of carboxylic acid groups (broad SMARTS) is 1. The predicted molar refractivity (Wildman–Crippen MR) is 90.9 cm³/mol. The first-order chi connectivity index (χ1) is 11.1. The van der Waals surface area contributed by atoms with Gasteiger partial charge in [0.2, 0.25) is 0 Å². The molecule has 3 aromatic rings. The minimum atomic E-state index is -0.934. The van der Waals surface area contributed by atoms with Gasteiger partial charge in [0.25, 0.3) is 0 Å². The molecule has 0 bridgehead atoms. The van der Waals surface area contributed by atoms with Crippen LogP contribution in [0.5, 0.6) is 5.75 Å². The fraction of sp³-hybridized carbons (Fsp3) is 0.150. The van der Waals surface area contributed by atoms with Gasteiger partial charge in [-0.1, -0.05) is 54.6 Å². The Kier molecular flexibility index (Phi) is 4.02. The Morgan fingerprint density at radius 2 is 1.61 bits per heavy atom. The summed E-state index contributed by atoms with van der Waals surface area (Å²) in [5.41, 5.74) is 2.59. The van der Waals surface area contributed by atoms with Crippen LogP contribution in [-0.4, -0.2) is 16.2 Å². The second-order valence-electron chi connectivity index (χ2n) is 5.74. The van der Waals surface area contributed by atoms with Crippen molar-refractivity contribution in [2.45, 2.75) is 19.3 Å². The third kappa shape index (κ3) is 2.90. The van der Waals surface area contributed by atoms with Crippen molar-refractivity contribution in [3.05, 3.63) is 77.4 Å². The van der Waals surface area contributed by atoms with E-state index in [1.165, 1.54) is 11.6 Å². The van der Waals surface area contributed by atoms with Crippen molar-refractivity contribution in [3.63, 3.8) is 0 Å². The number of para-hydroxylation sites is 1. The summed E-state index contributed by atoms with van der Waals surface area (Å²) < 4.78 is 0. The molecule has 1 unspecified atom stereocenters. The number of fused-ring (bicyclic) bond motifs is 1. The molecule has 1 atom stereocenters. The van der Waals surface area contributed by atoms with Crippen molar-refractivity contribution >= 4 is 16.7 Å². The minimum Gasteiger partial charge on any atom is -0.508 e. The van der Waals surface area contributed by atoms with Crippen LogP contribution in [0.4, 0.5) is 0 Å². The molecule has 116 valence electrons. The van der Waals surface area contributed by atoms with Gasteiger partial charge in [-0.15, -0.1) is 0 Å². The molecule has 3 heteroatoms. The summed E-state index contributed by atoms with van der Waals surface area (Å²) in [7, 11) is 0. The highest BCUT2D eigenvalue weighted by atomic mass is 16.4. The Morgan fingerprint density at radius 3 is 2.30 bits per heavy atom. The number of phenols is 1. The zero-order chi connectivity index (χ0) is 16.4. The maximum atomic E-state index is 11.7. The number of rotatable bonds is 4. The summed E-state index contributed by atoms with van der Waals surface area (Å²) in [4.78, 5) is 11.7. The van der Waals surface area contributed by atoms with E-state index in [1.54, 1.807) is 18.2 Å². The van der Waals surface area contributed by atoms with E-state index in [0.29, 0.717) is 12.0 Å². The van der Waals surface area contributed by atoms with Gasteiger partial charge in [-0.05, 0) is 41.3 Å². The number of benzene rings is 3. The van der Waals surface area contributed by atoms with E-state index in [4.69, 9.17) is 0 Å². The zero-order valence-corrected chi connectivity index (χ0v) is 12.9. The zero-order valence-electron chi connectivity index (χ0n) is 12.9. The summed E-state index contributed by atoms with van der Waals surface area (Å²) in [6, 6.07) is 18.6. The maximum absolute atomic E-state index is 11.7. The quantitative estimate of drug-likeness (QED) is 0.757. The van der Waals surface area contributed by atoms with Gasteiger partial charge in [-0.2, -0.15) is 0 Å². The molecule has 3 rings (SSSR count). The Bertz CT molecular complexity index is 868. The molecule has 0 aromatic heterocycles. The largest absolute Gasteiger partial charge is 0.508 e. The lowest BCUT2D eigenvalue weighted by Gasteiger charge is -2.16. The summed E-state index contributed by atoms with van der Waals surface area (Å²) >= 11 is 0. The lowest BCUT2D eigenvalue weighted by Crippen LogP contribution is -2.15. The third-order valence-corrected chi connectivity index (χ3v) is 4.27. The van der Waals surface area contributed by atoms with Gasteiger partial charge in [0, 0.05) is 5.56 Å². The number of aromatic hydroxyl groups is 1. The molecular formula is C20H18O3. The van der Waals surface area contributed by atoms with Gasteiger partial charge < -0.3 is 10.2 Å². The van der Waals surface area contributed by atoms with Crippen LogP contribution in [0, 0.1) is 6.92 Å². The molecule has 0 saturated carbocycles. The highest BCUT2D eigenvalue weighted by Crippen LogP contribution is 2.31. The third-order valence-electron chi connectivity index (χ3n) is 4.27. The van der Waals surface area contributed by atoms with Crippen LogP contribution in [0.3, 0.4) is 0 Å². The summed E-state index contributed by atoms with van der Waals surface area (Å²) in [5, 5.41) is 21.8. The van der Waals surface area contributed by atoms with Gasteiger partial charge in [0.05, 0.1) is 5.92 Å². The molecule has 0 spiro atoms. The average molecular weight is 306 g/mol. The lowest BCUT2D eigenvalue weighted by molar-refractivity contribution is -0.138. The van der Waals surface area contributed by atoms with Gasteiger partial charge in [0.1, 0.15) is 5.75 Å². The number of phenolic OH excluding ortho intramolecular Hbond substituents is 1. The van der Waals surface area contributed by atoms with Crippen LogP contribution < -0.4 is 0 Å². The van der Waals surface area contributed by atoms with Crippen molar-refractivity contribution < 1.29 is 15.0 Å². The molecule has 0 saturated heterocycles. The van der Waals surface area contributed by atoms with Crippen molar-refractivity contribution in [3.8, 4) is 5.75 Å². The number of aliphatic carboxylic acids is 1. The molecule has 2 N–H and O–H groups in total. The van der Waals surface area contributed by atoms with E-state index in [1.807, 2.05) is 43.3 Å². The summed E-state index contributed by atoms with van der Waals surface area (Å²) in [5.74, 6) is -1.69. The molecule has 0 fully saturated rings. The van der Waals surface area contributed by atoms with Crippen molar-refractivity contribution in [1.29, 1.82) is 0 Å². The normalized spacial score (nSPS) is 12.2. The van der Waals surface area contributed by atoms with Gasteiger partial charge in [0.15, 0.2) is 0 Å². The molecule has 0 aliphatic rings. The summed E-state index contributed by atoms with van der Waals surface area (Å²) in [6.45, 7) is 2.05. The van der Waals surface area contributed by atoms with Crippen LogP contribution in [0.1, 0.15) is 22.6 Å². The molecule has 0 aliphatic carbocycles. The predicted octanol–water partition coefficient (Wildman–Crippen LogP) is 4.26. The van der Waals surface area contributed by atoms with E-state index < -0.39 is 11.9 Å². The Hall–Kier alpha value is -2.81. The molecule has 0 heterocycles. The first-order valence-corrected chi connectivity index (χ1v) is 7.56. The van der Waals surface area contributed by atoms with Crippen LogP contribution in [0.2, 0.25) is 0 Å². The molecule has 3 aromatic carbocycles. The second-order valence-corrected chi connectivity index (χ2v) is 5.74. The Morgan fingerprint density at radius 1 is 0.957 bits per heavy atom. The van der Waals surface area contributed by atoms with Crippen LogP contribution in [0.25, 0.3) is 10.8 Å². The SMILES string of the molecule is Cc1ccc(CC(C(=O)O)c2ccccc2O)c2ccccc12. The van der Waals surface area contributed by atoms with E-state index in [-0.39, 0.29) is 5.75 Å². The maximum Gasteiger partial charge on any atom is 0.311 e. The lowest BCUT2D eigenvalue weighted by atomic mass is 9.88. The molecule has 0 aliphatic heterocycles. The Balaban J connectivity index is 2.07. The van der Waals surface area contributed by atoms with Crippen molar-refractivity contribution in [2.24, 2.45) is 0 Å². The number of carbonyl (C=O) groups is 1. The molecular weight excluding hydrogens is 288 g/mol. The highest BCUT2D eigenvalue weighted by Gasteiger charge is 2.23. The van der Waals surface area contributed by atoms with Gasteiger partial charge >= 0.3 is 5.97 Å². The minimum absolute atomic E-state index is 0.0244. The number of hydrogen-bond donors (Lipinski definition) is 2. The van der Waals surface area contributed by atoms with E-state index in [9.17, 15) is 15.0 Å². The highest BCUT2D eigenvalue weighted by molar-refractivity contribution is 5.89. The average Bonchev–Trinajstić information content (AvgIpc) is 2.55. The first-order valence-electron chi connectivity index (χ1n) is 7.56. The van der Waals surface area contributed by atoms with E-state index in [2.05, 4.69) is 0 Å². The van der Waals surface area contributed by atoms with Crippen molar-refractivity contribution in [1.82, 2.24) is 0 Å². The fourth-order valence-electron chi connectivity index (χ4n) is 3.02. The number of aryl methyl sites for hydroxylation is 1. The second kappa shape index (κ2) is 6.13. The number of hydrogen-bond acceptors (Lipinski definition) is 2. The molecule has 0 radical (unpaired) electrons. The molecule has 0 amide bonds. The van der Waals surface area contributed by atoms with Gasteiger partial charge in [-0.25, -0.2) is 0 Å². The van der Waals surface area contributed by atoms with E-state index in [0.717, 1.165) is 16.3 Å². The van der Waals surface area contributed by atoms with Crippen molar-refractivity contribution in [2.75, 3.05) is 0 Å². The topological polar surface area (TPSA) is 57.5 Å². The van der Waals surface area contributed by atoms with Gasteiger partial charge in [-0.3, -0.25) is 4.79 Å². The van der Waals surface area contributed by atoms with Crippen LogP contribution in [0.15, 0.2) is 60.7 Å². The molecule has 3 nitrogen and oxygen atoms in total. The summed E-state index contributed by atoms with van der Waals surface area (Å²) in [6.07, 6.45) is 0.341. The molecule has 23 heavy (non-hydrogen) atoms. The van der Waals surface area contributed by atoms with Crippen LogP contribution in [-0.2, 0) is 11.2 Å². The standard InChI is InChI=1S/C20H18O3/c1-13-10-11-14(16-7-3-2-6-15(13)16)12-18(20(22)23)17-8-4-5-9-19(17)21/h2-11,18,21H,12H2,1H3,(H,22,23). The number of carboxylic acids is 1. The fourth-order valence-corrected chi connectivity index (χ4v) is 3.02. The monoisotopic (exact) mass is 306 g/mol. The Labute approximate surface area is 134 Å². The smallest absolute Gasteiger partial charge is 0.311 e. The van der Waals surface area contributed by atoms with E-state index >= 15 is 0 Å².